The fraction of sp³-hybridized carbons (Fsp3) is 0.769. The number of carbonyl (C=O) groups is 1. The molecule has 0 radical (unpaired) electrons. The number of rotatable bonds is 3. The topological polar surface area (TPSA) is 29.5 Å². The number of likely N-dealkylation sites (tertiary alicyclic amines) is 1. The highest BCUT2D eigenvalue weighted by molar-refractivity contribution is 5.69. The summed E-state index contributed by atoms with van der Waals surface area (Å²) in [5, 5.41) is 0. The predicted octanol–water partition coefficient (Wildman–Crippen LogP) is 3.30. The van der Waals surface area contributed by atoms with Gasteiger partial charge in [-0.1, -0.05) is 6.08 Å². The molecule has 0 aromatic rings. The molecule has 0 N–H and O–H groups in total. The van der Waals surface area contributed by atoms with Gasteiger partial charge >= 0.3 is 6.09 Å². The molecule has 1 rings (SSSR count). The van der Waals surface area contributed by atoms with Gasteiger partial charge in [0.25, 0.3) is 0 Å². The molecule has 0 aliphatic carbocycles. The van der Waals surface area contributed by atoms with Crippen molar-refractivity contribution in [2.24, 2.45) is 0 Å². The van der Waals surface area contributed by atoms with Gasteiger partial charge in [0.2, 0.25) is 0 Å². The van der Waals surface area contributed by atoms with Crippen molar-refractivity contribution >= 4 is 6.09 Å². The summed E-state index contributed by atoms with van der Waals surface area (Å²) in [5.74, 6) is 0. The first-order valence-corrected chi connectivity index (χ1v) is 6.08. The molecule has 4 heteroatoms. The predicted molar refractivity (Wildman–Crippen MR) is 65.7 cm³/mol. The summed E-state index contributed by atoms with van der Waals surface area (Å²) in [5.41, 5.74) is -0.533. The lowest BCUT2D eigenvalue weighted by molar-refractivity contribution is 0.0213. The van der Waals surface area contributed by atoms with Crippen molar-refractivity contribution in [2.75, 3.05) is 6.54 Å². The SMILES string of the molecule is C=CCCC1C[C@@H](F)CN1C(=O)OC(C)(C)C. The van der Waals surface area contributed by atoms with Crippen LogP contribution in [0.2, 0.25) is 0 Å². The van der Waals surface area contributed by atoms with E-state index in [4.69, 9.17) is 4.74 Å². The van der Waals surface area contributed by atoms with Crippen molar-refractivity contribution in [3.63, 3.8) is 0 Å². The van der Waals surface area contributed by atoms with Crippen LogP contribution >= 0.6 is 0 Å². The highest BCUT2D eigenvalue weighted by atomic mass is 19.1. The molecule has 3 nitrogen and oxygen atoms in total. The van der Waals surface area contributed by atoms with Gasteiger partial charge in [-0.25, -0.2) is 9.18 Å². The van der Waals surface area contributed by atoms with Crippen LogP contribution in [0.4, 0.5) is 9.18 Å². The Kier molecular flexibility index (Phi) is 4.54. The molecule has 0 saturated carbocycles. The first-order valence-electron chi connectivity index (χ1n) is 6.08. The van der Waals surface area contributed by atoms with Gasteiger partial charge in [0.15, 0.2) is 0 Å². The third kappa shape index (κ3) is 4.36. The lowest BCUT2D eigenvalue weighted by Crippen LogP contribution is -2.40. The lowest BCUT2D eigenvalue weighted by Gasteiger charge is -2.28. The second-order valence-electron chi connectivity index (χ2n) is 5.49. The summed E-state index contributed by atoms with van der Waals surface area (Å²) in [4.78, 5) is 13.4. The Morgan fingerprint density at radius 2 is 2.24 bits per heavy atom. The Morgan fingerprint density at radius 3 is 2.76 bits per heavy atom. The Hall–Kier alpha value is -1.06. The van der Waals surface area contributed by atoms with E-state index in [0.29, 0.717) is 6.42 Å². The molecule has 98 valence electrons. The molecule has 1 saturated heterocycles. The maximum absolute atomic E-state index is 13.4. The molecule has 1 fully saturated rings. The van der Waals surface area contributed by atoms with Gasteiger partial charge in [-0.2, -0.15) is 0 Å². The Bertz CT molecular complexity index is 286. The van der Waals surface area contributed by atoms with E-state index < -0.39 is 17.9 Å². The van der Waals surface area contributed by atoms with E-state index in [1.807, 2.05) is 20.8 Å². The van der Waals surface area contributed by atoms with E-state index in [1.54, 1.807) is 6.08 Å². The molecule has 0 bridgehead atoms. The van der Waals surface area contributed by atoms with Gasteiger partial charge in [-0.15, -0.1) is 6.58 Å². The number of nitrogens with zero attached hydrogens (tertiary/aromatic N) is 1. The summed E-state index contributed by atoms with van der Waals surface area (Å²) >= 11 is 0. The summed E-state index contributed by atoms with van der Waals surface area (Å²) in [6.45, 7) is 9.23. The maximum Gasteiger partial charge on any atom is 0.410 e. The first kappa shape index (κ1) is 14.0. The number of hydrogen-bond acceptors (Lipinski definition) is 2. The number of amides is 1. The molecular formula is C13H22FNO2. The monoisotopic (exact) mass is 243 g/mol. The minimum atomic E-state index is -0.933. The van der Waals surface area contributed by atoms with Crippen LogP contribution in [0, 0.1) is 0 Å². The largest absolute Gasteiger partial charge is 0.444 e. The summed E-state index contributed by atoms with van der Waals surface area (Å²) in [7, 11) is 0. The van der Waals surface area contributed by atoms with Crippen LogP contribution < -0.4 is 0 Å². The molecule has 17 heavy (non-hydrogen) atoms. The highest BCUT2D eigenvalue weighted by Gasteiger charge is 2.36. The van der Waals surface area contributed by atoms with Crippen LogP contribution in [0.1, 0.15) is 40.0 Å². The minimum Gasteiger partial charge on any atom is -0.444 e. The number of alkyl halides is 1. The molecule has 0 spiro atoms. The normalized spacial score (nSPS) is 24.8. The number of carbonyl (C=O) groups excluding carboxylic acids is 1. The number of allylic oxidation sites excluding steroid dienone is 1. The lowest BCUT2D eigenvalue weighted by atomic mass is 10.1. The molecular weight excluding hydrogens is 221 g/mol. The third-order valence-electron chi connectivity index (χ3n) is 2.70. The molecule has 1 heterocycles. The maximum atomic E-state index is 13.4. The van der Waals surface area contributed by atoms with Gasteiger partial charge < -0.3 is 9.64 Å². The highest BCUT2D eigenvalue weighted by Crippen LogP contribution is 2.26. The average Bonchev–Trinajstić information content (AvgIpc) is 2.54. The fourth-order valence-corrected chi connectivity index (χ4v) is 1.99. The van der Waals surface area contributed by atoms with E-state index in [9.17, 15) is 9.18 Å². The van der Waals surface area contributed by atoms with Crippen LogP contribution in [-0.2, 0) is 4.74 Å². The zero-order chi connectivity index (χ0) is 13.1. The molecule has 0 aromatic carbocycles. The van der Waals surface area contributed by atoms with Crippen molar-refractivity contribution in [3.8, 4) is 0 Å². The molecule has 0 aromatic heterocycles. The van der Waals surface area contributed by atoms with Crippen LogP contribution in [0.15, 0.2) is 12.7 Å². The standard InChI is InChI=1S/C13H22FNO2/c1-5-6-7-11-8-10(14)9-15(11)12(16)17-13(2,3)4/h5,10-11H,1,6-9H2,2-4H3/t10-,11?/m1/s1. The minimum absolute atomic E-state index is 0.0575. The zero-order valence-electron chi connectivity index (χ0n) is 10.9. The van der Waals surface area contributed by atoms with Crippen molar-refractivity contribution in [3.05, 3.63) is 12.7 Å². The van der Waals surface area contributed by atoms with Crippen molar-refractivity contribution in [1.29, 1.82) is 0 Å². The Labute approximate surface area is 103 Å². The molecule has 1 amide bonds. The van der Waals surface area contributed by atoms with Gasteiger partial charge in [-0.3, -0.25) is 0 Å². The van der Waals surface area contributed by atoms with Crippen molar-refractivity contribution in [2.45, 2.75) is 57.8 Å². The van der Waals surface area contributed by atoms with Gasteiger partial charge in [0, 0.05) is 12.5 Å². The van der Waals surface area contributed by atoms with E-state index >= 15 is 0 Å². The summed E-state index contributed by atoms with van der Waals surface area (Å²) < 4.78 is 18.6. The van der Waals surface area contributed by atoms with Crippen LogP contribution in [0.3, 0.4) is 0 Å². The van der Waals surface area contributed by atoms with Crippen LogP contribution in [-0.4, -0.2) is 35.4 Å². The molecule has 1 unspecified atom stereocenters. The van der Waals surface area contributed by atoms with Gasteiger partial charge in [0.05, 0.1) is 6.54 Å². The third-order valence-corrected chi connectivity index (χ3v) is 2.70. The van der Waals surface area contributed by atoms with Gasteiger partial charge in [0.1, 0.15) is 11.8 Å². The van der Waals surface area contributed by atoms with E-state index in [2.05, 4.69) is 6.58 Å². The van der Waals surface area contributed by atoms with Crippen molar-refractivity contribution in [1.82, 2.24) is 4.90 Å². The Balaban J connectivity index is 2.60. The second-order valence-corrected chi connectivity index (χ2v) is 5.49. The van der Waals surface area contributed by atoms with Gasteiger partial charge in [-0.05, 0) is 33.6 Å². The summed E-state index contributed by atoms with van der Waals surface area (Å²) in [6.07, 6.45) is 2.40. The molecule has 1 aliphatic rings. The quantitative estimate of drug-likeness (QED) is 0.712. The smallest absolute Gasteiger partial charge is 0.410 e. The average molecular weight is 243 g/mol. The van der Waals surface area contributed by atoms with E-state index in [-0.39, 0.29) is 12.6 Å². The molecule has 2 atom stereocenters. The van der Waals surface area contributed by atoms with Crippen LogP contribution in [0.25, 0.3) is 0 Å². The first-order chi connectivity index (χ1) is 7.83. The second kappa shape index (κ2) is 5.52. The van der Waals surface area contributed by atoms with Crippen molar-refractivity contribution < 1.29 is 13.9 Å². The van der Waals surface area contributed by atoms with E-state index in [0.717, 1.165) is 12.8 Å². The molecule has 1 aliphatic heterocycles. The summed E-state index contributed by atoms with van der Waals surface area (Å²) in [6, 6.07) is -0.0575. The van der Waals surface area contributed by atoms with E-state index in [1.165, 1.54) is 4.90 Å². The number of hydrogen-bond donors (Lipinski definition) is 0. The Morgan fingerprint density at radius 1 is 1.59 bits per heavy atom. The zero-order valence-corrected chi connectivity index (χ0v) is 10.9. The fourth-order valence-electron chi connectivity index (χ4n) is 1.99. The number of halogens is 1. The van der Waals surface area contributed by atoms with Crippen LogP contribution in [0.5, 0.6) is 0 Å². The number of ether oxygens (including phenoxy) is 1.